The van der Waals surface area contributed by atoms with Crippen LogP contribution in [0.2, 0.25) is 0 Å². The van der Waals surface area contributed by atoms with Gasteiger partial charge in [-0.05, 0) is 69.3 Å². The maximum Gasteiger partial charge on any atom is 0.408 e. The van der Waals surface area contributed by atoms with Gasteiger partial charge < -0.3 is 35.1 Å². The molecule has 0 spiro atoms. The Hall–Kier alpha value is -4.42. The second-order valence-corrected chi connectivity index (χ2v) is 13.3. The number of likely N-dealkylation sites (tertiary alicyclic amines) is 1. The maximum absolute atomic E-state index is 14.3. The van der Waals surface area contributed by atoms with Gasteiger partial charge in [0.15, 0.2) is 0 Å². The number of benzene rings is 1. The Bertz CT molecular complexity index is 1310. The van der Waals surface area contributed by atoms with E-state index in [2.05, 4.69) is 16.0 Å². The highest BCUT2D eigenvalue weighted by Gasteiger charge is 2.42. The maximum atomic E-state index is 14.3. The van der Waals surface area contributed by atoms with Crippen molar-refractivity contribution in [1.29, 1.82) is 0 Å². The summed E-state index contributed by atoms with van der Waals surface area (Å²) in [6.07, 6.45) is 8.06. The van der Waals surface area contributed by atoms with E-state index in [1.54, 1.807) is 13.0 Å². The highest BCUT2D eigenvalue weighted by Crippen LogP contribution is 2.29. The van der Waals surface area contributed by atoms with Gasteiger partial charge in [-0.2, -0.15) is 0 Å². The van der Waals surface area contributed by atoms with Crippen molar-refractivity contribution in [2.24, 2.45) is 11.8 Å². The number of amides is 4. The Balaban J connectivity index is 1.79. The number of carbonyl (C=O) groups excluding carboxylic acids is 6. The lowest BCUT2D eigenvalue weighted by Gasteiger charge is -2.35. The molecule has 1 aromatic carbocycles. The van der Waals surface area contributed by atoms with Crippen LogP contribution in [0.4, 0.5) is 4.79 Å². The molecule has 0 unspecified atom stereocenters. The first-order valence-corrected chi connectivity index (χ1v) is 17.8. The molecule has 1 heterocycles. The van der Waals surface area contributed by atoms with Gasteiger partial charge in [0.2, 0.25) is 17.7 Å². The second-order valence-electron chi connectivity index (χ2n) is 13.3. The molecule has 276 valence electrons. The van der Waals surface area contributed by atoms with Gasteiger partial charge in [0.25, 0.3) is 0 Å². The van der Waals surface area contributed by atoms with Crippen molar-refractivity contribution in [2.45, 2.75) is 116 Å². The summed E-state index contributed by atoms with van der Waals surface area (Å²) < 4.78 is 15.2. The predicted octanol–water partition coefficient (Wildman–Crippen LogP) is 3.94. The van der Waals surface area contributed by atoms with Gasteiger partial charge in [0.1, 0.15) is 30.8 Å². The van der Waals surface area contributed by atoms with Gasteiger partial charge in [-0.15, -0.1) is 0 Å². The molecular formula is C37H54N4O9. The topological polar surface area (TPSA) is 169 Å². The number of nitrogens with one attached hydrogen (secondary N) is 3. The van der Waals surface area contributed by atoms with Crippen molar-refractivity contribution in [1.82, 2.24) is 20.9 Å². The number of ether oxygens (including phenoxy) is 3. The number of alkyl carbamates (subject to hydrolysis) is 1. The normalized spacial score (nSPS) is 18.2. The van der Waals surface area contributed by atoms with E-state index in [0.29, 0.717) is 25.8 Å². The van der Waals surface area contributed by atoms with E-state index in [1.807, 2.05) is 44.2 Å². The lowest BCUT2D eigenvalue weighted by Crippen LogP contribution is -2.59. The zero-order chi connectivity index (χ0) is 36.5. The van der Waals surface area contributed by atoms with Gasteiger partial charge in [-0.3, -0.25) is 14.4 Å². The highest BCUT2D eigenvalue weighted by atomic mass is 16.5. The van der Waals surface area contributed by atoms with Crippen LogP contribution in [0.3, 0.4) is 0 Å². The molecule has 1 aromatic rings. The first-order valence-electron chi connectivity index (χ1n) is 17.8. The van der Waals surface area contributed by atoms with Crippen molar-refractivity contribution >= 4 is 35.8 Å². The van der Waals surface area contributed by atoms with Crippen LogP contribution >= 0.6 is 0 Å². The molecule has 4 atom stereocenters. The number of rotatable bonds is 17. The molecular weight excluding hydrogens is 644 g/mol. The fourth-order valence-corrected chi connectivity index (χ4v) is 6.49. The van der Waals surface area contributed by atoms with Crippen LogP contribution in [0.1, 0.15) is 90.5 Å². The average molecular weight is 699 g/mol. The summed E-state index contributed by atoms with van der Waals surface area (Å²) in [6.45, 7) is 6.13. The van der Waals surface area contributed by atoms with Crippen molar-refractivity contribution in [3.05, 3.63) is 48.0 Å². The van der Waals surface area contributed by atoms with Crippen LogP contribution in [0.15, 0.2) is 42.5 Å². The summed E-state index contributed by atoms with van der Waals surface area (Å²) >= 11 is 0. The number of allylic oxidation sites excluding steroid dienone is 1. The predicted molar refractivity (Wildman–Crippen MR) is 185 cm³/mol. The SMILES string of the molecule is CCOC(=O)/C=C/CC[C@H](NC(=O)OCc1ccccc1)C(=O)N[C@H](C(=O)N1CCC[C@@H]1C(=O)N[C@@H](CC(C)C)C(=O)OC)C1CCCCC1. The molecule has 1 saturated carbocycles. The summed E-state index contributed by atoms with van der Waals surface area (Å²) in [7, 11) is 1.27. The molecule has 1 saturated heterocycles. The molecule has 0 aromatic heterocycles. The fraction of sp³-hybridized carbons (Fsp3) is 0.622. The van der Waals surface area contributed by atoms with Gasteiger partial charge in [0.05, 0.1) is 13.7 Å². The van der Waals surface area contributed by atoms with E-state index in [9.17, 15) is 28.8 Å². The Labute approximate surface area is 295 Å². The molecule has 1 aliphatic carbocycles. The average Bonchev–Trinajstić information content (AvgIpc) is 3.61. The highest BCUT2D eigenvalue weighted by molar-refractivity contribution is 5.95. The zero-order valence-electron chi connectivity index (χ0n) is 29.8. The van der Waals surface area contributed by atoms with Gasteiger partial charge in [0, 0.05) is 12.6 Å². The van der Waals surface area contributed by atoms with Crippen LogP contribution in [-0.4, -0.2) is 85.1 Å². The number of methoxy groups -OCH3 is 1. The summed E-state index contributed by atoms with van der Waals surface area (Å²) in [5.74, 6) is -2.49. The third kappa shape index (κ3) is 12.8. The van der Waals surface area contributed by atoms with E-state index in [1.165, 1.54) is 18.1 Å². The third-order valence-electron chi connectivity index (χ3n) is 9.02. The Kier molecular flexibility index (Phi) is 16.8. The lowest BCUT2D eigenvalue weighted by atomic mass is 9.83. The minimum Gasteiger partial charge on any atom is -0.467 e. The van der Waals surface area contributed by atoms with Crippen molar-refractivity contribution in [2.75, 3.05) is 20.3 Å². The summed E-state index contributed by atoms with van der Waals surface area (Å²) in [5.41, 5.74) is 0.773. The molecule has 13 nitrogen and oxygen atoms in total. The van der Waals surface area contributed by atoms with E-state index < -0.39 is 54.0 Å². The van der Waals surface area contributed by atoms with E-state index >= 15 is 0 Å². The molecule has 0 bridgehead atoms. The largest absolute Gasteiger partial charge is 0.467 e. The fourth-order valence-electron chi connectivity index (χ4n) is 6.49. The number of nitrogens with zero attached hydrogens (tertiary/aromatic N) is 1. The van der Waals surface area contributed by atoms with E-state index in [4.69, 9.17) is 14.2 Å². The van der Waals surface area contributed by atoms with Crippen LogP contribution in [0.5, 0.6) is 0 Å². The Morgan fingerprint density at radius 2 is 1.62 bits per heavy atom. The Morgan fingerprint density at radius 3 is 2.28 bits per heavy atom. The molecule has 2 aliphatic rings. The summed E-state index contributed by atoms with van der Waals surface area (Å²) in [6, 6.07) is 5.45. The molecule has 2 fully saturated rings. The Morgan fingerprint density at radius 1 is 0.900 bits per heavy atom. The molecule has 50 heavy (non-hydrogen) atoms. The number of hydrogen-bond acceptors (Lipinski definition) is 9. The van der Waals surface area contributed by atoms with Gasteiger partial charge in [-0.1, -0.05) is 69.5 Å². The molecule has 1 aliphatic heterocycles. The van der Waals surface area contributed by atoms with Gasteiger partial charge >= 0.3 is 18.0 Å². The number of esters is 2. The van der Waals surface area contributed by atoms with Crippen LogP contribution in [-0.2, 0) is 44.8 Å². The molecule has 3 rings (SSSR count). The smallest absolute Gasteiger partial charge is 0.408 e. The third-order valence-corrected chi connectivity index (χ3v) is 9.02. The molecule has 13 heteroatoms. The standard InChI is InChI=1S/C37H54N4O9/c1-5-49-31(42)21-13-12-19-28(39-37(47)50-24-26-15-8-6-9-16-26)33(43)40-32(27-17-10-7-11-18-27)35(45)41-22-14-20-30(41)34(44)38-29(23-25(2)3)36(46)48-4/h6,8-9,13,15-16,21,25,27-30,32H,5,7,10-12,14,17-20,22-24H2,1-4H3,(H,38,44)(H,39,47)(H,40,43)/b21-13+/t28-,29-,30+,32-/m0/s1. The zero-order valence-corrected chi connectivity index (χ0v) is 29.8. The monoisotopic (exact) mass is 698 g/mol. The number of hydrogen-bond donors (Lipinski definition) is 3. The quantitative estimate of drug-likeness (QED) is 0.124. The second kappa shape index (κ2) is 20.9. The molecule has 0 radical (unpaired) electrons. The van der Waals surface area contributed by atoms with Gasteiger partial charge in [-0.25, -0.2) is 14.4 Å². The minimum absolute atomic E-state index is 0.000620. The van der Waals surface area contributed by atoms with E-state index in [-0.39, 0.29) is 43.8 Å². The molecule has 4 amide bonds. The van der Waals surface area contributed by atoms with E-state index in [0.717, 1.165) is 37.7 Å². The number of carbonyl (C=O) groups is 6. The van der Waals surface area contributed by atoms with Crippen LogP contribution in [0.25, 0.3) is 0 Å². The van der Waals surface area contributed by atoms with Crippen molar-refractivity contribution in [3.63, 3.8) is 0 Å². The first-order chi connectivity index (χ1) is 24.0. The van der Waals surface area contributed by atoms with Crippen molar-refractivity contribution < 1.29 is 43.0 Å². The van der Waals surface area contributed by atoms with Crippen molar-refractivity contribution in [3.8, 4) is 0 Å². The van der Waals surface area contributed by atoms with Crippen LogP contribution in [0, 0.1) is 11.8 Å². The summed E-state index contributed by atoms with van der Waals surface area (Å²) in [5, 5.41) is 8.38. The van der Waals surface area contributed by atoms with Crippen LogP contribution < -0.4 is 16.0 Å². The minimum atomic E-state index is -1.08. The lowest BCUT2D eigenvalue weighted by molar-refractivity contribution is -0.147. The summed E-state index contributed by atoms with van der Waals surface area (Å²) in [4.78, 5) is 80.4. The molecule has 3 N–H and O–H groups in total. The first kappa shape index (κ1) is 40.0.